The molecule has 0 aliphatic carbocycles. The number of halogens is 1. The van der Waals surface area contributed by atoms with Gasteiger partial charge in [-0.05, 0) is 43.7 Å². The van der Waals surface area contributed by atoms with Gasteiger partial charge in [0.25, 0.3) is 0 Å². The first kappa shape index (κ1) is 12.9. The summed E-state index contributed by atoms with van der Waals surface area (Å²) >= 11 is 5.92. The summed E-state index contributed by atoms with van der Waals surface area (Å²) in [5.41, 5.74) is 6.59. The SMILES string of the molecule is CC#CCCOc1ccc(Cl)cc1CCN. The lowest BCUT2D eigenvalue weighted by atomic mass is 10.1. The van der Waals surface area contributed by atoms with Crippen molar-refractivity contribution >= 4 is 11.6 Å². The van der Waals surface area contributed by atoms with Crippen LogP contribution in [-0.4, -0.2) is 13.2 Å². The molecule has 0 saturated heterocycles. The quantitative estimate of drug-likeness (QED) is 0.631. The highest BCUT2D eigenvalue weighted by Crippen LogP contribution is 2.23. The van der Waals surface area contributed by atoms with Crippen LogP contribution in [0.1, 0.15) is 18.9 Å². The monoisotopic (exact) mass is 237 g/mol. The molecular weight excluding hydrogens is 222 g/mol. The summed E-state index contributed by atoms with van der Waals surface area (Å²) in [7, 11) is 0. The van der Waals surface area contributed by atoms with Crippen LogP contribution in [0.15, 0.2) is 18.2 Å². The minimum atomic E-state index is 0.589. The second-order valence-electron chi connectivity index (χ2n) is 3.32. The van der Waals surface area contributed by atoms with Crippen molar-refractivity contribution in [3.05, 3.63) is 28.8 Å². The molecule has 86 valence electrons. The third-order valence-electron chi connectivity index (χ3n) is 2.10. The first-order chi connectivity index (χ1) is 7.77. The van der Waals surface area contributed by atoms with Gasteiger partial charge in [0.05, 0.1) is 6.61 Å². The summed E-state index contributed by atoms with van der Waals surface area (Å²) < 4.78 is 5.63. The van der Waals surface area contributed by atoms with Crippen LogP contribution >= 0.6 is 11.6 Å². The number of rotatable bonds is 5. The van der Waals surface area contributed by atoms with Gasteiger partial charge in [-0.15, -0.1) is 11.8 Å². The van der Waals surface area contributed by atoms with Crippen molar-refractivity contribution in [1.29, 1.82) is 0 Å². The third-order valence-corrected chi connectivity index (χ3v) is 2.33. The minimum Gasteiger partial charge on any atom is -0.492 e. The second-order valence-corrected chi connectivity index (χ2v) is 3.75. The van der Waals surface area contributed by atoms with Gasteiger partial charge >= 0.3 is 0 Å². The molecule has 0 unspecified atom stereocenters. The van der Waals surface area contributed by atoms with Gasteiger partial charge < -0.3 is 10.5 Å². The van der Waals surface area contributed by atoms with Crippen LogP contribution in [0.4, 0.5) is 0 Å². The third kappa shape index (κ3) is 4.14. The van der Waals surface area contributed by atoms with E-state index in [2.05, 4.69) is 11.8 Å². The van der Waals surface area contributed by atoms with E-state index in [9.17, 15) is 0 Å². The van der Waals surface area contributed by atoms with E-state index >= 15 is 0 Å². The molecular formula is C13H16ClNO. The Bertz CT molecular complexity index is 393. The molecule has 1 aromatic carbocycles. The molecule has 0 fully saturated rings. The van der Waals surface area contributed by atoms with Gasteiger partial charge in [0, 0.05) is 11.4 Å². The molecule has 16 heavy (non-hydrogen) atoms. The maximum Gasteiger partial charge on any atom is 0.122 e. The minimum absolute atomic E-state index is 0.589. The molecule has 0 radical (unpaired) electrons. The molecule has 0 aliphatic heterocycles. The Labute approximate surface area is 102 Å². The number of benzene rings is 1. The van der Waals surface area contributed by atoms with Crippen LogP contribution in [0.3, 0.4) is 0 Å². The van der Waals surface area contributed by atoms with E-state index in [1.165, 1.54) is 0 Å². The molecule has 0 saturated carbocycles. The average molecular weight is 238 g/mol. The van der Waals surface area contributed by atoms with Crippen LogP contribution < -0.4 is 10.5 Å². The van der Waals surface area contributed by atoms with Gasteiger partial charge in [-0.3, -0.25) is 0 Å². The van der Waals surface area contributed by atoms with Crippen molar-refractivity contribution in [1.82, 2.24) is 0 Å². The van der Waals surface area contributed by atoms with Crippen LogP contribution in [-0.2, 0) is 6.42 Å². The second kappa shape index (κ2) is 7.16. The molecule has 1 aromatic rings. The molecule has 0 aromatic heterocycles. The summed E-state index contributed by atoms with van der Waals surface area (Å²) in [6, 6.07) is 5.60. The summed E-state index contributed by atoms with van der Waals surface area (Å²) in [6.45, 7) is 3.01. The predicted molar refractivity (Wildman–Crippen MR) is 67.8 cm³/mol. The lowest BCUT2D eigenvalue weighted by Crippen LogP contribution is -2.06. The van der Waals surface area contributed by atoms with Crippen LogP contribution in [0.2, 0.25) is 5.02 Å². The average Bonchev–Trinajstić information content (AvgIpc) is 2.27. The fourth-order valence-corrected chi connectivity index (χ4v) is 1.57. The van der Waals surface area contributed by atoms with Crippen molar-refractivity contribution in [2.24, 2.45) is 5.73 Å². The molecule has 0 heterocycles. The van der Waals surface area contributed by atoms with Crippen LogP contribution in [0, 0.1) is 11.8 Å². The first-order valence-corrected chi connectivity index (χ1v) is 5.66. The Morgan fingerprint density at radius 1 is 1.44 bits per heavy atom. The van der Waals surface area contributed by atoms with E-state index in [-0.39, 0.29) is 0 Å². The van der Waals surface area contributed by atoms with Crippen LogP contribution in [0.25, 0.3) is 0 Å². The first-order valence-electron chi connectivity index (χ1n) is 5.29. The van der Waals surface area contributed by atoms with Gasteiger partial charge in [-0.25, -0.2) is 0 Å². The van der Waals surface area contributed by atoms with Crippen molar-refractivity contribution in [3.8, 4) is 17.6 Å². The smallest absolute Gasteiger partial charge is 0.122 e. The zero-order chi connectivity index (χ0) is 11.8. The molecule has 1 rings (SSSR count). The van der Waals surface area contributed by atoms with E-state index in [1.54, 1.807) is 0 Å². The highest BCUT2D eigenvalue weighted by atomic mass is 35.5. The largest absolute Gasteiger partial charge is 0.492 e. The molecule has 0 bridgehead atoms. The standard InChI is InChI=1S/C13H16ClNO/c1-2-3-4-9-16-13-6-5-12(14)10-11(13)7-8-15/h5-6,10H,4,7-9,15H2,1H3. The topological polar surface area (TPSA) is 35.2 Å². The van der Waals surface area contributed by atoms with E-state index in [0.717, 1.165) is 24.2 Å². The van der Waals surface area contributed by atoms with Crippen molar-refractivity contribution in [2.75, 3.05) is 13.2 Å². The van der Waals surface area contributed by atoms with E-state index < -0.39 is 0 Å². The van der Waals surface area contributed by atoms with Crippen molar-refractivity contribution in [3.63, 3.8) is 0 Å². The highest BCUT2D eigenvalue weighted by Gasteiger charge is 2.03. The van der Waals surface area contributed by atoms with Crippen molar-refractivity contribution < 1.29 is 4.74 Å². The number of hydrogen-bond acceptors (Lipinski definition) is 2. The summed E-state index contributed by atoms with van der Waals surface area (Å²) in [5.74, 6) is 6.64. The molecule has 2 nitrogen and oxygen atoms in total. The highest BCUT2D eigenvalue weighted by molar-refractivity contribution is 6.30. The lowest BCUT2D eigenvalue weighted by molar-refractivity contribution is 0.324. The Morgan fingerprint density at radius 3 is 2.94 bits per heavy atom. The van der Waals surface area contributed by atoms with E-state index in [1.807, 2.05) is 25.1 Å². The van der Waals surface area contributed by atoms with Gasteiger partial charge in [0.1, 0.15) is 5.75 Å². The number of hydrogen-bond donors (Lipinski definition) is 1. The maximum absolute atomic E-state index is 5.92. The van der Waals surface area contributed by atoms with Gasteiger partial charge in [-0.2, -0.15) is 0 Å². The van der Waals surface area contributed by atoms with Gasteiger partial charge in [0.2, 0.25) is 0 Å². The number of nitrogens with two attached hydrogens (primary N) is 1. The van der Waals surface area contributed by atoms with E-state index in [0.29, 0.717) is 18.2 Å². The fourth-order valence-electron chi connectivity index (χ4n) is 1.38. The normalized spacial score (nSPS) is 9.44. The molecule has 0 spiro atoms. The molecule has 0 aliphatic rings. The Morgan fingerprint density at radius 2 is 2.25 bits per heavy atom. The van der Waals surface area contributed by atoms with Gasteiger partial charge in [-0.1, -0.05) is 11.6 Å². The Kier molecular flexibility index (Phi) is 5.77. The zero-order valence-corrected chi connectivity index (χ0v) is 10.2. The fraction of sp³-hybridized carbons (Fsp3) is 0.385. The summed E-state index contributed by atoms with van der Waals surface area (Å²) in [5, 5.41) is 0.712. The van der Waals surface area contributed by atoms with Crippen LogP contribution in [0.5, 0.6) is 5.75 Å². The lowest BCUT2D eigenvalue weighted by Gasteiger charge is -2.10. The molecule has 0 amide bonds. The maximum atomic E-state index is 5.92. The molecule has 3 heteroatoms. The predicted octanol–water partition coefficient (Wildman–Crippen LogP) is 2.63. The van der Waals surface area contributed by atoms with Crippen molar-refractivity contribution in [2.45, 2.75) is 19.8 Å². The zero-order valence-electron chi connectivity index (χ0n) is 9.42. The summed E-state index contributed by atoms with van der Waals surface area (Å²) in [4.78, 5) is 0. The Hall–Kier alpha value is -1.17. The Balaban J connectivity index is 2.65. The van der Waals surface area contributed by atoms with E-state index in [4.69, 9.17) is 22.1 Å². The summed E-state index contributed by atoms with van der Waals surface area (Å²) in [6.07, 6.45) is 1.51. The molecule has 0 atom stereocenters. The van der Waals surface area contributed by atoms with Gasteiger partial charge in [0.15, 0.2) is 0 Å². The molecule has 2 N–H and O–H groups in total. The number of ether oxygens (including phenoxy) is 1.